The van der Waals surface area contributed by atoms with Gasteiger partial charge in [-0.1, -0.05) is 6.08 Å². The molecule has 0 aliphatic carbocycles. The molecule has 24 heavy (non-hydrogen) atoms. The molecule has 5 nitrogen and oxygen atoms in total. The number of rotatable bonds is 1. The van der Waals surface area contributed by atoms with Crippen molar-refractivity contribution in [1.82, 2.24) is 9.88 Å². The molecule has 2 unspecified atom stereocenters. The molecule has 0 N–H and O–H groups in total. The van der Waals surface area contributed by atoms with Crippen LogP contribution in [-0.2, 0) is 9.47 Å². The Kier molecular flexibility index (Phi) is 4.34. The highest BCUT2D eigenvalue weighted by Gasteiger charge is 2.40. The Hall–Kier alpha value is -1.95. The number of halogens is 1. The van der Waals surface area contributed by atoms with Crippen LogP contribution in [0.25, 0.3) is 5.57 Å². The number of morpholine rings is 1. The van der Waals surface area contributed by atoms with Crippen molar-refractivity contribution in [2.75, 3.05) is 13.2 Å². The molecule has 0 aromatic carbocycles. The molecule has 2 atom stereocenters. The number of fused-ring (bicyclic) bond motifs is 2. The maximum absolute atomic E-state index is 13.3. The van der Waals surface area contributed by atoms with Crippen molar-refractivity contribution in [3.05, 3.63) is 35.4 Å². The van der Waals surface area contributed by atoms with Crippen LogP contribution in [0.4, 0.5) is 9.18 Å². The molecule has 0 radical (unpaired) electrons. The van der Waals surface area contributed by atoms with E-state index in [0.29, 0.717) is 25.3 Å². The molecule has 1 saturated heterocycles. The molecule has 3 rings (SSSR count). The molecule has 2 aliphatic rings. The summed E-state index contributed by atoms with van der Waals surface area (Å²) in [6.07, 6.45) is 2.34. The van der Waals surface area contributed by atoms with Gasteiger partial charge >= 0.3 is 6.09 Å². The van der Waals surface area contributed by atoms with Crippen LogP contribution >= 0.6 is 0 Å². The Balaban J connectivity index is 1.88. The van der Waals surface area contributed by atoms with Crippen LogP contribution in [0.3, 0.4) is 0 Å². The van der Waals surface area contributed by atoms with E-state index in [9.17, 15) is 9.18 Å². The fourth-order valence-electron chi connectivity index (χ4n) is 3.26. The van der Waals surface area contributed by atoms with Gasteiger partial charge in [0.05, 0.1) is 25.3 Å². The van der Waals surface area contributed by atoms with Crippen molar-refractivity contribution in [2.45, 2.75) is 51.8 Å². The average Bonchev–Trinajstić information content (AvgIpc) is 2.44. The summed E-state index contributed by atoms with van der Waals surface area (Å²) >= 11 is 0. The van der Waals surface area contributed by atoms with Gasteiger partial charge in [-0.3, -0.25) is 4.90 Å². The molecule has 130 valence electrons. The predicted molar refractivity (Wildman–Crippen MR) is 88.0 cm³/mol. The number of carbonyl (C=O) groups is 1. The van der Waals surface area contributed by atoms with Crippen LogP contribution < -0.4 is 0 Å². The zero-order valence-electron chi connectivity index (χ0n) is 14.5. The first-order valence-corrected chi connectivity index (χ1v) is 8.18. The van der Waals surface area contributed by atoms with Crippen molar-refractivity contribution >= 4 is 11.7 Å². The number of carbonyl (C=O) groups excluding carboxylic acids is 1. The SMILES string of the molecule is Cc1nc(F)ccc1C1=CC2COCC(C1)N2C(=O)OC(C)(C)C. The van der Waals surface area contributed by atoms with E-state index >= 15 is 0 Å². The number of amides is 1. The first kappa shape index (κ1) is 16.9. The van der Waals surface area contributed by atoms with Crippen molar-refractivity contribution in [3.8, 4) is 0 Å². The molecule has 1 aromatic rings. The lowest BCUT2D eigenvalue weighted by Gasteiger charge is -2.44. The number of hydrogen-bond donors (Lipinski definition) is 0. The largest absolute Gasteiger partial charge is 0.444 e. The van der Waals surface area contributed by atoms with E-state index in [-0.39, 0.29) is 18.2 Å². The average molecular weight is 334 g/mol. The molecule has 2 aliphatic heterocycles. The van der Waals surface area contributed by atoms with Gasteiger partial charge in [-0.05, 0) is 57.4 Å². The monoisotopic (exact) mass is 334 g/mol. The van der Waals surface area contributed by atoms with E-state index in [0.717, 1.165) is 11.1 Å². The minimum atomic E-state index is -0.534. The standard InChI is InChI=1S/C18H23FN2O3/c1-11-15(5-6-16(19)20-11)12-7-13-9-23-10-14(8-12)21(13)17(22)24-18(2,3)4/h5-7,13-14H,8-10H2,1-4H3. The van der Waals surface area contributed by atoms with Crippen LogP contribution in [0, 0.1) is 12.9 Å². The molecule has 2 bridgehead atoms. The van der Waals surface area contributed by atoms with Crippen molar-refractivity contribution in [2.24, 2.45) is 0 Å². The zero-order valence-corrected chi connectivity index (χ0v) is 14.5. The molecule has 6 heteroatoms. The van der Waals surface area contributed by atoms with Crippen LogP contribution in [-0.4, -0.2) is 46.9 Å². The summed E-state index contributed by atoms with van der Waals surface area (Å²) in [5.41, 5.74) is 2.13. The lowest BCUT2D eigenvalue weighted by Crippen LogP contribution is -2.57. The van der Waals surface area contributed by atoms with Crippen LogP contribution in [0.15, 0.2) is 18.2 Å². The topological polar surface area (TPSA) is 51.7 Å². The highest BCUT2D eigenvalue weighted by molar-refractivity contribution is 5.75. The maximum Gasteiger partial charge on any atom is 0.411 e. The molecule has 3 heterocycles. The highest BCUT2D eigenvalue weighted by Crippen LogP contribution is 2.34. The predicted octanol–water partition coefficient (Wildman–Crippen LogP) is 3.32. The minimum absolute atomic E-state index is 0.0805. The lowest BCUT2D eigenvalue weighted by atomic mass is 9.89. The molecule has 0 spiro atoms. The summed E-state index contributed by atoms with van der Waals surface area (Å²) in [6, 6.07) is 2.87. The third kappa shape index (κ3) is 3.43. The van der Waals surface area contributed by atoms with Gasteiger partial charge in [-0.15, -0.1) is 0 Å². The van der Waals surface area contributed by atoms with E-state index in [1.165, 1.54) is 6.07 Å². The van der Waals surface area contributed by atoms with E-state index in [1.807, 2.05) is 26.8 Å². The van der Waals surface area contributed by atoms with Crippen LogP contribution in [0.5, 0.6) is 0 Å². The Morgan fingerprint density at radius 2 is 2.12 bits per heavy atom. The van der Waals surface area contributed by atoms with Gasteiger partial charge in [-0.2, -0.15) is 4.39 Å². The molecule has 1 aromatic heterocycles. The minimum Gasteiger partial charge on any atom is -0.444 e. The highest BCUT2D eigenvalue weighted by atomic mass is 19.1. The second-order valence-corrected chi connectivity index (χ2v) is 7.31. The molecule has 1 fully saturated rings. The quantitative estimate of drug-likeness (QED) is 0.739. The molecule has 1 amide bonds. The summed E-state index contributed by atoms with van der Waals surface area (Å²) in [7, 11) is 0. The Morgan fingerprint density at radius 1 is 1.38 bits per heavy atom. The zero-order chi connectivity index (χ0) is 17.5. The number of nitrogens with zero attached hydrogens (tertiary/aromatic N) is 2. The van der Waals surface area contributed by atoms with Gasteiger partial charge < -0.3 is 9.47 Å². The van der Waals surface area contributed by atoms with Crippen molar-refractivity contribution in [3.63, 3.8) is 0 Å². The number of aromatic nitrogens is 1. The first-order chi connectivity index (χ1) is 11.2. The fourth-order valence-corrected chi connectivity index (χ4v) is 3.26. The Morgan fingerprint density at radius 3 is 2.75 bits per heavy atom. The van der Waals surface area contributed by atoms with E-state index in [1.54, 1.807) is 17.9 Å². The number of pyridine rings is 1. The summed E-state index contributed by atoms with van der Waals surface area (Å²) < 4.78 is 24.4. The summed E-state index contributed by atoms with van der Waals surface area (Å²) in [5, 5.41) is 0. The summed E-state index contributed by atoms with van der Waals surface area (Å²) in [4.78, 5) is 18.2. The summed E-state index contributed by atoms with van der Waals surface area (Å²) in [5.74, 6) is -0.480. The van der Waals surface area contributed by atoms with Gasteiger partial charge in [0.2, 0.25) is 5.95 Å². The molecular formula is C18H23FN2O3. The number of ether oxygens (including phenoxy) is 2. The van der Waals surface area contributed by atoms with Gasteiger partial charge in [0.25, 0.3) is 0 Å². The Labute approximate surface area is 141 Å². The first-order valence-electron chi connectivity index (χ1n) is 8.18. The second-order valence-electron chi connectivity index (χ2n) is 7.31. The third-order valence-corrected chi connectivity index (χ3v) is 4.20. The summed E-state index contributed by atoms with van der Waals surface area (Å²) in [6.45, 7) is 8.28. The van der Waals surface area contributed by atoms with Crippen LogP contribution in [0.2, 0.25) is 0 Å². The normalized spacial score (nSPS) is 23.7. The third-order valence-electron chi connectivity index (χ3n) is 4.20. The number of hydrogen-bond acceptors (Lipinski definition) is 4. The van der Waals surface area contributed by atoms with Gasteiger partial charge in [-0.25, -0.2) is 9.78 Å². The van der Waals surface area contributed by atoms with Crippen molar-refractivity contribution < 1.29 is 18.7 Å². The van der Waals surface area contributed by atoms with Crippen LogP contribution in [0.1, 0.15) is 38.4 Å². The van der Waals surface area contributed by atoms with Gasteiger partial charge in [0.15, 0.2) is 0 Å². The fraction of sp³-hybridized carbons (Fsp3) is 0.556. The lowest BCUT2D eigenvalue weighted by molar-refractivity contribution is -0.0510. The van der Waals surface area contributed by atoms with E-state index in [4.69, 9.17) is 9.47 Å². The Bertz CT molecular complexity index is 681. The van der Waals surface area contributed by atoms with Gasteiger partial charge in [0.1, 0.15) is 5.60 Å². The van der Waals surface area contributed by atoms with Gasteiger partial charge in [0, 0.05) is 5.69 Å². The van der Waals surface area contributed by atoms with E-state index in [2.05, 4.69) is 4.98 Å². The molecule has 0 saturated carbocycles. The van der Waals surface area contributed by atoms with Crippen molar-refractivity contribution in [1.29, 1.82) is 0 Å². The number of aryl methyl sites for hydroxylation is 1. The second kappa shape index (κ2) is 6.16. The van der Waals surface area contributed by atoms with E-state index < -0.39 is 11.5 Å². The smallest absolute Gasteiger partial charge is 0.411 e. The maximum atomic E-state index is 13.3. The molecular weight excluding hydrogens is 311 g/mol.